The van der Waals surface area contributed by atoms with Gasteiger partial charge in [-0.3, -0.25) is 9.78 Å². The summed E-state index contributed by atoms with van der Waals surface area (Å²) < 4.78 is 10.9. The first-order valence-corrected chi connectivity index (χ1v) is 7.77. The van der Waals surface area contributed by atoms with Gasteiger partial charge in [0.1, 0.15) is 6.10 Å². The number of ether oxygens (including phenoxy) is 2. The molecule has 21 heavy (non-hydrogen) atoms. The molecular formula is C16H23NO4. The van der Waals surface area contributed by atoms with E-state index >= 15 is 0 Å². The number of carbonyl (C=O) groups is 1. The summed E-state index contributed by atoms with van der Waals surface area (Å²) >= 11 is 0. The van der Waals surface area contributed by atoms with Crippen LogP contribution in [0.25, 0.3) is 0 Å². The molecule has 0 amide bonds. The molecular weight excluding hydrogens is 270 g/mol. The van der Waals surface area contributed by atoms with Crippen LogP contribution in [-0.4, -0.2) is 23.7 Å². The van der Waals surface area contributed by atoms with Crippen LogP contribution in [0.15, 0.2) is 16.9 Å². The third-order valence-corrected chi connectivity index (χ3v) is 3.64. The van der Waals surface area contributed by atoms with Crippen molar-refractivity contribution in [1.82, 2.24) is 4.98 Å². The number of esters is 1. The molecule has 0 spiro atoms. The molecule has 5 heteroatoms. The molecule has 1 N–H and O–H groups in total. The number of unbranched alkanes of at least 4 members (excludes halogenated alkanes) is 1. The van der Waals surface area contributed by atoms with E-state index in [1.54, 1.807) is 6.07 Å². The summed E-state index contributed by atoms with van der Waals surface area (Å²) in [7, 11) is 0. The third kappa shape index (κ3) is 4.92. The fourth-order valence-corrected chi connectivity index (χ4v) is 2.44. The van der Waals surface area contributed by atoms with Gasteiger partial charge in [0.25, 0.3) is 5.56 Å². The van der Waals surface area contributed by atoms with Crippen molar-refractivity contribution in [2.45, 2.75) is 58.0 Å². The average Bonchev–Trinajstić information content (AvgIpc) is 2.48. The largest absolute Gasteiger partial charge is 0.479 e. The second-order valence-corrected chi connectivity index (χ2v) is 5.46. The molecule has 0 bridgehead atoms. The maximum atomic E-state index is 12.1. The van der Waals surface area contributed by atoms with E-state index in [4.69, 9.17) is 9.47 Å². The minimum Gasteiger partial charge on any atom is -0.479 e. The monoisotopic (exact) mass is 293 g/mol. The number of rotatable bonds is 6. The highest BCUT2D eigenvalue weighted by molar-refractivity contribution is 5.89. The molecule has 0 aromatic carbocycles. The fourth-order valence-electron chi connectivity index (χ4n) is 2.44. The molecule has 0 unspecified atom stereocenters. The van der Waals surface area contributed by atoms with E-state index in [1.165, 1.54) is 12.5 Å². The predicted octanol–water partition coefficient (Wildman–Crippen LogP) is 3.04. The second kappa shape index (κ2) is 7.86. The van der Waals surface area contributed by atoms with Crippen molar-refractivity contribution < 1.29 is 14.3 Å². The van der Waals surface area contributed by atoms with Crippen molar-refractivity contribution in [3.63, 3.8) is 0 Å². The van der Waals surface area contributed by atoms with Gasteiger partial charge in [0.2, 0.25) is 0 Å². The summed E-state index contributed by atoms with van der Waals surface area (Å²) in [6.07, 6.45) is 7.11. The Morgan fingerprint density at radius 1 is 1.29 bits per heavy atom. The first-order valence-electron chi connectivity index (χ1n) is 7.77. The van der Waals surface area contributed by atoms with Gasteiger partial charge in [0.05, 0.1) is 12.2 Å². The Bertz CT molecular complexity index is 517. The van der Waals surface area contributed by atoms with E-state index in [1.807, 2.05) is 0 Å². The fraction of sp³-hybridized carbons (Fsp3) is 0.625. The molecule has 1 aromatic rings. The van der Waals surface area contributed by atoms with Gasteiger partial charge in [-0.25, -0.2) is 4.79 Å². The molecule has 0 saturated heterocycles. The molecule has 2 rings (SSSR count). The quantitative estimate of drug-likeness (QED) is 0.646. The smallest absolute Gasteiger partial charge is 0.338 e. The Labute approximate surface area is 124 Å². The topological polar surface area (TPSA) is 68.4 Å². The summed E-state index contributed by atoms with van der Waals surface area (Å²) in [6, 6.07) is 2.81. The van der Waals surface area contributed by atoms with E-state index in [9.17, 15) is 9.59 Å². The van der Waals surface area contributed by atoms with E-state index < -0.39 is 5.97 Å². The first kappa shape index (κ1) is 15.6. The minimum atomic E-state index is -0.437. The SMILES string of the molecule is CCCCOc1cc(C(=O)OC2CCCCC2)cc(=O)[nH]1. The van der Waals surface area contributed by atoms with Crippen LogP contribution in [0.3, 0.4) is 0 Å². The van der Waals surface area contributed by atoms with E-state index in [2.05, 4.69) is 11.9 Å². The van der Waals surface area contributed by atoms with Gasteiger partial charge in [-0.2, -0.15) is 0 Å². The van der Waals surface area contributed by atoms with Gasteiger partial charge in [-0.05, 0) is 32.1 Å². The number of nitrogens with one attached hydrogen (secondary N) is 1. The first-order chi connectivity index (χ1) is 10.2. The summed E-state index contributed by atoms with van der Waals surface area (Å²) in [4.78, 5) is 26.3. The number of pyridine rings is 1. The van der Waals surface area contributed by atoms with Crippen molar-refractivity contribution in [3.05, 3.63) is 28.0 Å². The van der Waals surface area contributed by atoms with Crippen molar-refractivity contribution in [2.24, 2.45) is 0 Å². The highest BCUT2D eigenvalue weighted by Gasteiger charge is 2.19. The molecule has 5 nitrogen and oxygen atoms in total. The zero-order valence-electron chi connectivity index (χ0n) is 12.5. The van der Waals surface area contributed by atoms with Crippen molar-refractivity contribution in [3.8, 4) is 5.88 Å². The highest BCUT2D eigenvalue weighted by atomic mass is 16.5. The molecule has 116 valence electrons. The third-order valence-electron chi connectivity index (χ3n) is 3.64. The van der Waals surface area contributed by atoms with E-state index in [-0.39, 0.29) is 17.2 Å². The lowest BCUT2D eigenvalue weighted by molar-refractivity contribution is 0.0210. The molecule has 0 atom stereocenters. The average molecular weight is 293 g/mol. The minimum absolute atomic E-state index is 0.0185. The maximum Gasteiger partial charge on any atom is 0.338 e. The number of aromatic nitrogens is 1. The Kier molecular flexibility index (Phi) is 5.84. The lowest BCUT2D eigenvalue weighted by atomic mass is 9.98. The number of carbonyl (C=O) groups excluding carboxylic acids is 1. The number of aromatic amines is 1. The van der Waals surface area contributed by atoms with Crippen molar-refractivity contribution in [1.29, 1.82) is 0 Å². The van der Waals surface area contributed by atoms with E-state index in [0.29, 0.717) is 12.5 Å². The number of H-pyrrole nitrogens is 1. The molecule has 0 aliphatic heterocycles. The van der Waals surface area contributed by atoms with Crippen molar-refractivity contribution in [2.75, 3.05) is 6.61 Å². The molecule has 1 aromatic heterocycles. The van der Waals surface area contributed by atoms with Crippen LogP contribution >= 0.6 is 0 Å². The lowest BCUT2D eigenvalue weighted by Gasteiger charge is -2.21. The van der Waals surface area contributed by atoms with Gasteiger partial charge in [0.15, 0.2) is 5.88 Å². The van der Waals surface area contributed by atoms with Crippen LogP contribution in [0.4, 0.5) is 0 Å². The van der Waals surface area contributed by atoms with Crippen LogP contribution in [0.2, 0.25) is 0 Å². The standard InChI is InChI=1S/C16H23NO4/c1-2-3-9-20-15-11-12(10-14(18)17-15)16(19)21-13-7-5-4-6-8-13/h10-11,13H,2-9H2,1H3,(H,17,18). The summed E-state index contributed by atoms with van der Waals surface area (Å²) in [5.41, 5.74) is -0.0876. The molecule has 1 saturated carbocycles. The van der Waals surface area contributed by atoms with Crippen LogP contribution in [0.5, 0.6) is 5.88 Å². The van der Waals surface area contributed by atoms with E-state index in [0.717, 1.165) is 38.5 Å². The predicted molar refractivity (Wildman–Crippen MR) is 79.8 cm³/mol. The molecule has 1 aliphatic rings. The molecule has 1 fully saturated rings. The van der Waals surface area contributed by atoms with Gasteiger partial charge < -0.3 is 9.47 Å². The molecule has 0 radical (unpaired) electrons. The summed E-state index contributed by atoms with van der Waals surface area (Å²) in [6.45, 7) is 2.58. The highest BCUT2D eigenvalue weighted by Crippen LogP contribution is 2.21. The van der Waals surface area contributed by atoms with Crippen molar-refractivity contribution >= 4 is 5.97 Å². The summed E-state index contributed by atoms with van der Waals surface area (Å²) in [5, 5.41) is 0. The Hall–Kier alpha value is -1.78. The van der Waals surface area contributed by atoms with Gasteiger partial charge in [-0.1, -0.05) is 19.8 Å². The Balaban J connectivity index is 2.00. The number of hydrogen-bond acceptors (Lipinski definition) is 4. The van der Waals surface area contributed by atoms with Crippen LogP contribution in [-0.2, 0) is 4.74 Å². The Morgan fingerprint density at radius 3 is 2.76 bits per heavy atom. The zero-order valence-corrected chi connectivity index (χ0v) is 12.5. The lowest BCUT2D eigenvalue weighted by Crippen LogP contribution is -2.22. The van der Waals surface area contributed by atoms with Crippen LogP contribution in [0, 0.1) is 0 Å². The second-order valence-electron chi connectivity index (χ2n) is 5.46. The molecule has 1 aliphatic carbocycles. The zero-order chi connectivity index (χ0) is 15.1. The van der Waals surface area contributed by atoms with Crippen LogP contribution < -0.4 is 10.3 Å². The summed E-state index contributed by atoms with van der Waals surface area (Å²) in [5.74, 6) is -0.111. The Morgan fingerprint density at radius 2 is 2.05 bits per heavy atom. The van der Waals surface area contributed by atoms with Gasteiger partial charge in [0, 0.05) is 12.1 Å². The normalized spacial score (nSPS) is 15.7. The maximum absolute atomic E-state index is 12.1. The molecule has 1 heterocycles. The van der Waals surface area contributed by atoms with Gasteiger partial charge in [-0.15, -0.1) is 0 Å². The van der Waals surface area contributed by atoms with Gasteiger partial charge >= 0.3 is 5.97 Å². The van der Waals surface area contributed by atoms with Crippen LogP contribution in [0.1, 0.15) is 62.2 Å². The number of hydrogen-bond donors (Lipinski definition) is 1.